The first-order chi connectivity index (χ1) is 16.0. The lowest BCUT2D eigenvalue weighted by Crippen LogP contribution is -2.47. The average Bonchev–Trinajstić information content (AvgIpc) is 3.24. The first kappa shape index (κ1) is 21.5. The number of H-pyrrole nitrogens is 1. The van der Waals surface area contributed by atoms with E-state index in [0.29, 0.717) is 17.9 Å². The molecule has 0 unspecified atom stereocenters. The fourth-order valence-electron chi connectivity index (χ4n) is 4.76. The van der Waals surface area contributed by atoms with Gasteiger partial charge in [0.1, 0.15) is 6.04 Å². The number of hydrogen-bond acceptors (Lipinski definition) is 6. The van der Waals surface area contributed by atoms with E-state index >= 15 is 0 Å². The van der Waals surface area contributed by atoms with Crippen LogP contribution >= 0.6 is 0 Å². The van der Waals surface area contributed by atoms with Gasteiger partial charge in [0.05, 0.1) is 12.1 Å². The Labute approximate surface area is 192 Å². The van der Waals surface area contributed by atoms with Gasteiger partial charge >= 0.3 is 0 Å². The Morgan fingerprint density at radius 2 is 1.79 bits per heavy atom. The van der Waals surface area contributed by atoms with Gasteiger partial charge < -0.3 is 9.88 Å². The number of fused-ring (bicyclic) bond motifs is 1. The van der Waals surface area contributed by atoms with E-state index in [0.717, 1.165) is 48.2 Å². The summed E-state index contributed by atoms with van der Waals surface area (Å²) >= 11 is 0. The van der Waals surface area contributed by atoms with Gasteiger partial charge in [0.2, 0.25) is 0 Å². The van der Waals surface area contributed by atoms with E-state index in [1.807, 2.05) is 35.9 Å². The van der Waals surface area contributed by atoms with Crippen molar-refractivity contribution in [2.45, 2.75) is 26.4 Å². The highest BCUT2D eigenvalue weighted by Gasteiger charge is 2.32. The fourth-order valence-corrected chi connectivity index (χ4v) is 4.76. The van der Waals surface area contributed by atoms with Gasteiger partial charge in [-0.2, -0.15) is 0 Å². The van der Waals surface area contributed by atoms with Crippen molar-refractivity contribution in [2.24, 2.45) is 0 Å². The lowest BCUT2D eigenvalue weighted by atomic mass is 10.00. The van der Waals surface area contributed by atoms with Crippen LogP contribution < -0.4 is 5.56 Å². The summed E-state index contributed by atoms with van der Waals surface area (Å²) < 4.78 is 1.82. The molecular formula is C25H29N7O. The molecule has 33 heavy (non-hydrogen) atoms. The second-order valence-corrected chi connectivity index (χ2v) is 9.02. The van der Waals surface area contributed by atoms with Crippen molar-refractivity contribution in [1.82, 2.24) is 35.0 Å². The molecule has 170 valence electrons. The zero-order chi connectivity index (χ0) is 22.9. The number of piperazine rings is 1. The van der Waals surface area contributed by atoms with Gasteiger partial charge in [-0.1, -0.05) is 42.0 Å². The number of hydrogen-bond donors (Lipinski definition) is 1. The minimum absolute atomic E-state index is 0.0901. The normalized spacial score (nSPS) is 16.3. The van der Waals surface area contributed by atoms with Crippen LogP contribution in [0.2, 0.25) is 0 Å². The lowest BCUT2D eigenvalue weighted by Gasteiger charge is -2.37. The molecule has 1 saturated heterocycles. The van der Waals surface area contributed by atoms with Crippen LogP contribution in [0.3, 0.4) is 0 Å². The Hall–Kier alpha value is -3.36. The second kappa shape index (κ2) is 8.88. The molecule has 0 amide bonds. The number of rotatable bonds is 5. The van der Waals surface area contributed by atoms with Gasteiger partial charge in [-0.25, -0.2) is 4.68 Å². The molecule has 0 spiro atoms. The van der Waals surface area contributed by atoms with Crippen molar-refractivity contribution in [3.8, 4) is 0 Å². The Morgan fingerprint density at radius 1 is 1.03 bits per heavy atom. The average molecular weight is 444 g/mol. The summed E-state index contributed by atoms with van der Waals surface area (Å²) in [5.74, 6) is 0.692. The molecular weight excluding hydrogens is 414 g/mol. The van der Waals surface area contributed by atoms with Gasteiger partial charge in [0.25, 0.3) is 5.56 Å². The first-order valence-electron chi connectivity index (χ1n) is 11.4. The predicted molar refractivity (Wildman–Crippen MR) is 128 cm³/mol. The number of benzene rings is 2. The number of aromatic amines is 1. The highest BCUT2D eigenvalue weighted by molar-refractivity contribution is 5.83. The molecule has 3 heterocycles. The summed E-state index contributed by atoms with van der Waals surface area (Å²) in [6.45, 7) is 8.20. The van der Waals surface area contributed by atoms with Crippen molar-refractivity contribution in [3.05, 3.63) is 87.0 Å². The summed E-state index contributed by atoms with van der Waals surface area (Å²) in [7, 11) is 2.13. The van der Waals surface area contributed by atoms with Crippen LogP contribution in [-0.2, 0) is 6.54 Å². The molecule has 0 radical (unpaired) electrons. The second-order valence-electron chi connectivity index (χ2n) is 9.02. The van der Waals surface area contributed by atoms with Crippen LogP contribution in [0, 0.1) is 13.8 Å². The number of tetrazole rings is 1. The SMILES string of the molecule is Cc1cc(C)c2[nH]c(=O)c([C@H](c3nnnn3Cc3ccccc3)N3CCN(C)CC3)cc2c1. The maximum Gasteiger partial charge on any atom is 0.253 e. The third-order valence-electron chi connectivity index (χ3n) is 6.50. The molecule has 1 atom stereocenters. The zero-order valence-corrected chi connectivity index (χ0v) is 19.3. The molecule has 5 rings (SSSR count). The Bertz CT molecular complexity index is 1320. The number of nitrogens with one attached hydrogen (secondary N) is 1. The first-order valence-corrected chi connectivity index (χ1v) is 11.4. The van der Waals surface area contributed by atoms with Crippen LogP contribution in [0.5, 0.6) is 0 Å². The molecule has 0 saturated carbocycles. The Balaban J connectivity index is 1.63. The quantitative estimate of drug-likeness (QED) is 0.510. The topological polar surface area (TPSA) is 82.9 Å². The van der Waals surface area contributed by atoms with Crippen molar-refractivity contribution in [3.63, 3.8) is 0 Å². The van der Waals surface area contributed by atoms with Gasteiger partial charge in [-0.15, -0.1) is 5.10 Å². The van der Waals surface area contributed by atoms with Crippen molar-refractivity contribution in [2.75, 3.05) is 33.2 Å². The highest BCUT2D eigenvalue weighted by atomic mass is 16.1. The number of aryl methyl sites for hydroxylation is 2. The maximum atomic E-state index is 13.4. The van der Waals surface area contributed by atoms with Crippen LogP contribution in [0.25, 0.3) is 10.9 Å². The highest BCUT2D eigenvalue weighted by Crippen LogP contribution is 2.29. The molecule has 0 aliphatic carbocycles. The van der Waals surface area contributed by atoms with E-state index in [1.165, 1.54) is 5.56 Å². The van der Waals surface area contributed by atoms with Crippen LogP contribution in [0.1, 0.15) is 34.1 Å². The number of nitrogens with zero attached hydrogens (tertiary/aromatic N) is 6. The monoisotopic (exact) mass is 443 g/mol. The zero-order valence-electron chi connectivity index (χ0n) is 19.3. The van der Waals surface area contributed by atoms with Crippen LogP contribution in [-0.4, -0.2) is 68.2 Å². The standard InChI is InChI=1S/C25H29N7O/c1-17-13-18(2)22-20(14-17)15-21(25(33)26-22)23(31-11-9-30(3)10-12-31)24-27-28-29-32(24)16-19-7-5-4-6-8-19/h4-8,13-15,23H,9-12,16H2,1-3H3,(H,26,33)/t23-/m1/s1. The van der Waals surface area contributed by atoms with Crippen LogP contribution in [0.15, 0.2) is 53.3 Å². The largest absolute Gasteiger partial charge is 0.321 e. The molecule has 0 bridgehead atoms. The summed E-state index contributed by atoms with van der Waals surface area (Å²) in [5.41, 5.74) is 4.83. The predicted octanol–water partition coefficient (Wildman–Crippen LogP) is 2.52. The smallest absolute Gasteiger partial charge is 0.253 e. The van der Waals surface area contributed by atoms with Gasteiger partial charge in [-0.05, 0) is 60.0 Å². The molecule has 8 heteroatoms. The third-order valence-corrected chi connectivity index (χ3v) is 6.50. The minimum Gasteiger partial charge on any atom is -0.321 e. The summed E-state index contributed by atoms with van der Waals surface area (Å²) in [4.78, 5) is 21.2. The molecule has 1 aliphatic heterocycles. The van der Waals surface area contributed by atoms with Gasteiger partial charge in [-0.3, -0.25) is 9.69 Å². The molecule has 1 aliphatic rings. The van der Waals surface area contributed by atoms with E-state index in [9.17, 15) is 4.79 Å². The molecule has 2 aromatic carbocycles. The fraction of sp³-hybridized carbons (Fsp3) is 0.360. The van der Waals surface area contributed by atoms with E-state index < -0.39 is 0 Å². The summed E-state index contributed by atoms with van der Waals surface area (Å²) in [5, 5.41) is 13.8. The maximum absolute atomic E-state index is 13.4. The third kappa shape index (κ3) is 4.31. The van der Waals surface area contributed by atoms with E-state index in [1.54, 1.807) is 0 Å². The molecule has 1 fully saturated rings. The molecule has 4 aromatic rings. The number of aromatic nitrogens is 5. The van der Waals surface area contributed by atoms with E-state index in [4.69, 9.17) is 0 Å². The van der Waals surface area contributed by atoms with Gasteiger partial charge in [0, 0.05) is 31.7 Å². The minimum atomic E-state index is -0.327. The van der Waals surface area contributed by atoms with E-state index in [-0.39, 0.29) is 11.6 Å². The van der Waals surface area contributed by atoms with Crippen molar-refractivity contribution in [1.29, 1.82) is 0 Å². The van der Waals surface area contributed by atoms with Gasteiger partial charge in [0.15, 0.2) is 5.82 Å². The van der Waals surface area contributed by atoms with Crippen LogP contribution in [0.4, 0.5) is 0 Å². The van der Waals surface area contributed by atoms with E-state index in [2.05, 4.69) is 68.5 Å². The summed E-state index contributed by atoms with van der Waals surface area (Å²) in [6, 6.07) is 16.0. The Morgan fingerprint density at radius 3 is 2.55 bits per heavy atom. The molecule has 1 N–H and O–H groups in total. The number of pyridine rings is 1. The summed E-state index contributed by atoms with van der Waals surface area (Å²) in [6.07, 6.45) is 0. The molecule has 2 aromatic heterocycles. The number of likely N-dealkylation sites (N-methyl/N-ethyl adjacent to an activating group) is 1. The van der Waals surface area contributed by atoms with Crippen molar-refractivity contribution < 1.29 is 0 Å². The lowest BCUT2D eigenvalue weighted by molar-refractivity contribution is 0.121. The van der Waals surface area contributed by atoms with Crippen molar-refractivity contribution >= 4 is 10.9 Å². The molecule has 8 nitrogen and oxygen atoms in total. The Kier molecular flexibility index (Phi) is 5.78.